The molecule has 0 spiro atoms. The minimum absolute atomic E-state index is 0.0457. The van der Waals surface area contributed by atoms with E-state index in [1.807, 2.05) is 28.8 Å². The third-order valence-corrected chi connectivity index (χ3v) is 6.47. The fraction of sp³-hybridized carbons (Fsp3) is 0.235. The van der Waals surface area contributed by atoms with Crippen LogP contribution in [0, 0.1) is 10.1 Å². The summed E-state index contributed by atoms with van der Waals surface area (Å²) in [5, 5.41) is 14.0. The summed E-state index contributed by atoms with van der Waals surface area (Å²) < 4.78 is 29.3. The number of fused-ring (bicyclic) bond motifs is 3. The van der Waals surface area contributed by atoms with Crippen molar-refractivity contribution in [2.75, 3.05) is 25.0 Å². The Kier molecular flexibility index (Phi) is 4.28. The van der Waals surface area contributed by atoms with E-state index in [2.05, 4.69) is 10.3 Å². The number of aromatic nitrogens is 2. The lowest BCUT2D eigenvalue weighted by Gasteiger charge is -2.25. The first kappa shape index (κ1) is 17.4. The third kappa shape index (κ3) is 3.13. The van der Waals surface area contributed by atoms with Gasteiger partial charge >= 0.3 is 0 Å². The zero-order valence-electron chi connectivity index (χ0n) is 14.3. The third-order valence-electron chi connectivity index (χ3n) is 4.56. The Balaban J connectivity index is 1.62. The molecular weight excluding hydrogens is 370 g/mol. The number of nitrogens with zero attached hydrogens (tertiary/aromatic N) is 4. The van der Waals surface area contributed by atoms with Crippen LogP contribution in [0.5, 0.6) is 0 Å². The fourth-order valence-electron chi connectivity index (χ4n) is 3.18. The summed E-state index contributed by atoms with van der Waals surface area (Å²) in [7, 11) is -3.75. The molecular formula is C17H17N5O4S. The Morgan fingerprint density at radius 2 is 1.78 bits per heavy atom. The van der Waals surface area contributed by atoms with Crippen LogP contribution in [0.1, 0.15) is 0 Å². The van der Waals surface area contributed by atoms with Crippen molar-refractivity contribution in [3.8, 4) is 0 Å². The standard InChI is InChI=1S/C17H17N5O4S/c23-22(24)13-5-7-14(8-6-13)27(25,26)20-10-9-18-17-19-15-3-1-2-4-16(15)21(17)12-11-20/h1-8H,9-12H2,(H,18,19). The average Bonchev–Trinajstić information content (AvgIpc) is 2.98. The number of sulfonamides is 1. The van der Waals surface area contributed by atoms with Crippen LogP contribution in [-0.4, -0.2) is 46.8 Å². The predicted octanol–water partition coefficient (Wildman–Crippen LogP) is 2.06. The van der Waals surface area contributed by atoms with E-state index in [0.717, 1.165) is 17.0 Å². The van der Waals surface area contributed by atoms with E-state index in [9.17, 15) is 18.5 Å². The number of rotatable bonds is 3. The summed E-state index contributed by atoms with van der Waals surface area (Å²) in [6, 6.07) is 12.7. The van der Waals surface area contributed by atoms with Gasteiger partial charge in [-0.2, -0.15) is 4.31 Å². The summed E-state index contributed by atoms with van der Waals surface area (Å²) in [6.07, 6.45) is 0. The highest BCUT2D eigenvalue weighted by Crippen LogP contribution is 2.23. The van der Waals surface area contributed by atoms with Gasteiger partial charge in [0.25, 0.3) is 5.69 Å². The summed E-state index contributed by atoms with van der Waals surface area (Å²) in [4.78, 5) is 14.8. The molecule has 0 radical (unpaired) electrons. The number of anilines is 1. The molecule has 0 atom stereocenters. The molecule has 0 aliphatic carbocycles. The molecule has 0 amide bonds. The number of nitro groups is 1. The molecule has 0 unspecified atom stereocenters. The van der Waals surface area contributed by atoms with Crippen LogP contribution in [0.25, 0.3) is 11.0 Å². The molecule has 2 aromatic carbocycles. The molecule has 2 heterocycles. The molecule has 1 aliphatic rings. The van der Waals surface area contributed by atoms with Gasteiger partial charge in [-0.3, -0.25) is 10.1 Å². The van der Waals surface area contributed by atoms with Gasteiger partial charge in [0.15, 0.2) is 0 Å². The minimum atomic E-state index is -3.75. The molecule has 1 aromatic heterocycles. The van der Waals surface area contributed by atoms with E-state index in [4.69, 9.17) is 0 Å². The van der Waals surface area contributed by atoms with E-state index in [1.165, 1.54) is 28.6 Å². The fourth-order valence-corrected chi connectivity index (χ4v) is 4.61. The van der Waals surface area contributed by atoms with Gasteiger partial charge in [-0.25, -0.2) is 13.4 Å². The quantitative estimate of drug-likeness (QED) is 0.544. The average molecular weight is 387 g/mol. The van der Waals surface area contributed by atoms with Gasteiger partial charge in [0.2, 0.25) is 16.0 Å². The largest absolute Gasteiger partial charge is 0.354 e. The van der Waals surface area contributed by atoms with Crippen LogP contribution in [-0.2, 0) is 16.6 Å². The number of benzene rings is 2. The Morgan fingerprint density at radius 3 is 2.52 bits per heavy atom. The van der Waals surface area contributed by atoms with Gasteiger partial charge in [-0.05, 0) is 24.3 Å². The highest BCUT2D eigenvalue weighted by Gasteiger charge is 2.26. The van der Waals surface area contributed by atoms with E-state index in [1.54, 1.807) is 0 Å². The number of imidazole rings is 1. The first-order chi connectivity index (χ1) is 13.0. The van der Waals surface area contributed by atoms with Gasteiger partial charge in [-0.1, -0.05) is 12.1 Å². The summed E-state index contributed by atoms with van der Waals surface area (Å²) in [6.45, 7) is 1.43. The van der Waals surface area contributed by atoms with Crippen LogP contribution >= 0.6 is 0 Å². The zero-order valence-corrected chi connectivity index (χ0v) is 15.1. The van der Waals surface area contributed by atoms with E-state index in [-0.39, 0.29) is 23.7 Å². The number of nitrogens with one attached hydrogen (secondary N) is 1. The second kappa shape index (κ2) is 6.63. The maximum Gasteiger partial charge on any atom is 0.269 e. The van der Waals surface area contributed by atoms with Crippen LogP contribution < -0.4 is 5.32 Å². The summed E-state index contributed by atoms with van der Waals surface area (Å²) in [5.41, 5.74) is 1.65. The van der Waals surface area contributed by atoms with Crippen LogP contribution in [0.4, 0.5) is 11.6 Å². The van der Waals surface area contributed by atoms with Crippen molar-refractivity contribution in [3.05, 3.63) is 58.6 Å². The SMILES string of the molecule is O=[N+]([O-])c1ccc(S(=O)(=O)N2CCNc3nc4ccccc4n3CC2)cc1. The smallest absolute Gasteiger partial charge is 0.269 e. The van der Waals surface area contributed by atoms with Gasteiger partial charge in [-0.15, -0.1) is 0 Å². The van der Waals surface area contributed by atoms with Gasteiger partial charge in [0, 0.05) is 38.3 Å². The maximum atomic E-state index is 13.0. The number of nitro benzene ring substituents is 1. The van der Waals surface area contributed by atoms with E-state index in [0.29, 0.717) is 13.1 Å². The molecule has 4 rings (SSSR count). The van der Waals surface area contributed by atoms with Crippen LogP contribution in [0.15, 0.2) is 53.4 Å². The molecule has 10 heteroatoms. The van der Waals surface area contributed by atoms with Crippen molar-refractivity contribution in [1.82, 2.24) is 13.9 Å². The monoisotopic (exact) mass is 387 g/mol. The minimum Gasteiger partial charge on any atom is -0.354 e. The highest BCUT2D eigenvalue weighted by atomic mass is 32.2. The molecule has 0 fully saturated rings. The van der Waals surface area contributed by atoms with Crippen LogP contribution in [0.3, 0.4) is 0 Å². The molecule has 27 heavy (non-hydrogen) atoms. The summed E-state index contributed by atoms with van der Waals surface area (Å²) >= 11 is 0. The van der Waals surface area contributed by atoms with Crippen molar-refractivity contribution >= 4 is 32.7 Å². The Hall–Kier alpha value is -2.98. The molecule has 1 aliphatic heterocycles. The molecule has 3 aromatic rings. The number of non-ortho nitro benzene ring substituents is 1. The Morgan fingerprint density at radius 1 is 1.04 bits per heavy atom. The lowest BCUT2D eigenvalue weighted by atomic mass is 10.3. The number of hydrogen-bond acceptors (Lipinski definition) is 6. The van der Waals surface area contributed by atoms with Gasteiger partial charge < -0.3 is 9.88 Å². The first-order valence-electron chi connectivity index (χ1n) is 8.40. The molecule has 0 saturated heterocycles. The maximum absolute atomic E-state index is 13.0. The molecule has 9 nitrogen and oxygen atoms in total. The zero-order chi connectivity index (χ0) is 19.0. The second-order valence-corrected chi connectivity index (χ2v) is 8.10. The topological polar surface area (TPSA) is 110 Å². The van der Waals surface area contributed by atoms with E-state index < -0.39 is 14.9 Å². The van der Waals surface area contributed by atoms with Gasteiger partial charge in [0.1, 0.15) is 0 Å². The molecule has 0 bridgehead atoms. The Bertz CT molecular complexity index is 1110. The van der Waals surface area contributed by atoms with Crippen LogP contribution in [0.2, 0.25) is 0 Å². The van der Waals surface area contributed by atoms with E-state index >= 15 is 0 Å². The second-order valence-electron chi connectivity index (χ2n) is 6.16. The molecule has 0 saturated carbocycles. The van der Waals surface area contributed by atoms with Crippen molar-refractivity contribution < 1.29 is 13.3 Å². The van der Waals surface area contributed by atoms with Crippen molar-refractivity contribution in [3.63, 3.8) is 0 Å². The lowest BCUT2D eigenvalue weighted by Crippen LogP contribution is -2.39. The Labute approximate surface area is 155 Å². The molecule has 1 N–H and O–H groups in total. The van der Waals surface area contributed by atoms with Crippen molar-refractivity contribution in [2.45, 2.75) is 11.4 Å². The number of para-hydroxylation sites is 2. The molecule has 140 valence electrons. The normalized spacial score (nSPS) is 15.6. The predicted molar refractivity (Wildman–Crippen MR) is 100 cm³/mol. The van der Waals surface area contributed by atoms with Crippen molar-refractivity contribution in [2.24, 2.45) is 0 Å². The highest BCUT2D eigenvalue weighted by molar-refractivity contribution is 7.89. The summed E-state index contributed by atoms with van der Waals surface area (Å²) in [5.74, 6) is 0.726. The van der Waals surface area contributed by atoms with Gasteiger partial charge in [0.05, 0.1) is 20.9 Å². The number of hydrogen-bond donors (Lipinski definition) is 1. The lowest BCUT2D eigenvalue weighted by molar-refractivity contribution is -0.384. The van der Waals surface area contributed by atoms with Crippen molar-refractivity contribution in [1.29, 1.82) is 0 Å². The first-order valence-corrected chi connectivity index (χ1v) is 9.84.